The maximum Gasteiger partial charge on any atom is 0.328 e. The van der Waals surface area contributed by atoms with Crippen LogP contribution in [-0.2, 0) is 4.79 Å². The summed E-state index contributed by atoms with van der Waals surface area (Å²) in [7, 11) is 0. The SMILES string of the molecule is CC(C=CC1=C(C)CCCC1(C)C)=CC=CC(=O)O. The summed E-state index contributed by atoms with van der Waals surface area (Å²) in [5, 5.41) is 8.52. The van der Waals surface area contributed by atoms with Crippen molar-refractivity contribution >= 4 is 5.97 Å². The van der Waals surface area contributed by atoms with E-state index < -0.39 is 5.97 Å². The van der Waals surface area contributed by atoms with E-state index in [0.29, 0.717) is 0 Å². The summed E-state index contributed by atoms with van der Waals surface area (Å²) < 4.78 is 0. The number of aliphatic carboxylic acids is 1. The molecule has 0 spiro atoms. The van der Waals surface area contributed by atoms with Crippen LogP contribution in [0.5, 0.6) is 0 Å². The Morgan fingerprint density at radius 3 is 2.58 bits per heavy atom. The standard InChI is InChI=1S/C17H24O2/c1-13(7-5-9-16(18)19)10-11-15-14(2)8-6-12-17(15,3)4/h5,7,9-11H,6,8,12H2,1-4H3,(H,18,19). The molecule has 104 valence electrons. The fourth-order valence-electron chi connectivity index (χ4n) is 2.56. The highest BCUT2D eigenvalue weighted by atomic mass is 16.4. The van der Waals surface area contributed by atoms with Crippen LogP contribution >= 0.6 is 0 Å². The third kappa shape index (κ3) is 4.90. The molecule has 0 fully saturated rings. The van der Waals surface area contributed by atoms with Gasteiger partial charge in [0.2, 0.25) is 0 Å². The molecule has 19 heavy (non-hydrogen) atoms. The lowest BCUT2D eigenvalue weighted by molar-refractivity contribution is -0.131. The molecule has 0 unspecified atom stereocenters. The minimum absolute atomic E-state index is 0.246. The summed E-state index contributed by atoms with van der Waals surface area (Å²) >= 11 is 0. The van der Waals surface area contributed by atoms with Gasteiger partial charge in [0.15, 0.2) is 0 Å². The number of hydrogen-bond acceptors (Lipinski definition) is 1. The maximum absolute atomic E-state index is 10.4. The predicted molar refractivity (Wildman–Crippen MR) is 80.0 cm³/mol. The molecule has 0 saturated carbocycles. The van der Waals surface area contributed by atoms with Gasteiger partial charge in [0, 0.05) is 6.08 Å². The molecule has 1 rings (SSSR count). The molecule has 1 N–H and O–H groups in total. The van der Waals surface area contributed by atoms with Gasteiger partial charge in [0.25, 0.3) is 0 Å². The third-order valence-corrected chi connectivity index (χ3v) is 3.65. The Morgan fingerprint density at radius 2 is 2.00 bits per heavy atom. The monoisotopic (exact) mass is 260 g/mol. The summed E-state index contributed by atoms with van der Waals surface area (Å²) in [5.74, 6) is -0.917. The zero-order valence-corrected chi connectivity index (χ0v) is 12.4. The molecule has 0 atom stereocenters. The quantitative estimate of drug-likeness (QED) is 0.590. The van der Waals surface area contributed by atoms with Gasteiger partial charge < -0.3 is 5.11 Å². The summed E-state index contributed by atoms with van der Waals surface area (Å²) in [4.78, 5) is 10.4. The van der Waals surface area contributed by atoms with Gasteiger partial charge in [-0.3, -0.25) is 0 Å². The smallest absolute Gasteiger partial charge is 0.328 e. The van der Waals surface area contributed by atoms with E-state index in [1.165, 1.54) is 30.4 Å². The van der Waals surface area contributed by atoms with E-state index in [2.05, 4.69) is 32.9 Å². The van der Waals surface area contributed by atoms with Gasteiger partial charge in [-0.05, 0) is 44.1 Å². The molecule has 0 aromatic carbocycles. The van der Waals surface area contributed by atoms with Crippen molar-refractivity contribution in [1.29, 1.82) is 0 Å². The molecule has 0 saturated heterocycles. The lowest BCUT2D eigenvalue weighted by Crippen LogP contribution is -2.19. The van der Waals surface area contributed by atoms with Crippen LogP contribution in [0.1, 0.15) is 47.0 Å². The summed E-state index contributed by atoms with van der Waals surface area (Å²) in [6.45, 7) is 8.77. The highest BCUT2D eigenvalue weighted by Gasteiger charge is 2.26. The van der Waals surface area contributed by atoms with Crippen LogP contribution in [0.2, 0.25) is 0 Å². The zero-order chi connectivity index (χ0) is 14.5. The van der Waals surface area contributed by atoms with Crippen LogP contribution in [0, 0.1) is 5.41 Å². The molecule has 0 aliphatic heterocycles. The molecule has 0 bridgehead atoms. The van der Waals surface area contributed by atoms with Crippen LogP contribution in [0.25, 0.3) is 0 Å². The van der Waals surface area contributed by atoms with E-state index in [1.807, 2.05) is 13.0 Å². The average Bonchev–Trinajstić information content (AvgIpc) is 2.26. The fourth-order valence-corrected chi connectivity index (χ4v) is 2.56. The van der Waals surface area contributed by atoms with Crippen LogP contribution in [0.3, 0.4) is 0 Å². The van der Waals surface area contributed by atoms with Crippen molar-refractivity contribution in [2.45, 2.75) is 47.0 Å². The largest absolute Gasteiger partial charge is 0.478 e. The minimum atomic E-state index is -0.917. The van der Waals surface area contributed by atoms with Crippen LogP contribution in [-0.4, -0.2) is 11.1 Å². The van der Waals surface area contributed by atoms with Gasteiger partial charge in [-0.15, -0.1) is 0 Å². The predicted octanol–water partition coefficient (Wildman–Crippen LogP) is 4.66. The maximum atomic E-state index is 10.4. The highest BCUT2D eigenvalue weighted by molar-refractivity contribution is 5.80. The molecule has 0 aromatic rings. The Bertz CT molecular complexity index is 460. The van der Waals surface area contributed by atoms with Crippen molar-refractivity contribution < 1.29 is 9.90 Å². The second-order valence-corrected chi connectivity index (χ2v) is 5.87. The molecule has 1 aliphatic rings. The summed E-state index contributed by atoms with van der Waals surface area (Å²) in [6, 6.07) is 0. The molecule has 0 amide bonds. The van der Waals surface area contributed by atoms with Crippen molar-refractivity contribution in [3.05, 3.63) is 47.1 Å². The first kappa shape index (κ1) is 15.5. The Kier molecular flexibility index (Phi) is 5.34. The number of hydrogen-bond donors (Lipinski definition) is 1. The van der Waals surface area contributed by atoms with Gasteiger partial charge >= 0.3 is 5.97 Å². The van der Waals surface area contributed by atoms with Gasteiger partial charge in [-0.1, -0.05) is 49.3 Å². The fraction of sp³-hybridized carbons (Fsp3) is 0.471. The minimum Gasteiger partial charge on any atom is -0.478 e. The number of carboxylic acid groups (broad SMARTS) is 1. The second kappa shape index (κ2) is 6.55. The van der Waals surface area contributed by atoms with E-state index in [4.69, 9.17) is 5.11 Å². The Morgan fingerprint density at radius 1 is 1.32 bits per heavy atom. The molecule has 1 aliphatic carbocycles. The Balaban J connectivity index is 2.83. The zero-order valence-electron chi connectivity index (χ0n) is 12.4. The van der Waals surface area contributed by atoms with Crippen LogP contribution in [0.4, 0.5) is 0 Å². The number of rotatable bonds is 4. The molecular weight excluding hydrogens is 236 g/mol. The van der Waals surface area contributed by atoms with Gasteiger partial charge in [0.05, 0.1) is 0 Å². The topological polar surface area (TPSA) is 37.3 Å². The molecule has 0 aromatic heterocycles. The van der Waals surface area contributed by atoms with Crippen molar-refractivity contribution in [3.63, 3.8) is 0 Å². The Labute approximate surface area is 116 Å². The average molecular weight is 260 g/mol. The van der Waals surface area contributed by atoms with E-state index >= 15 is 0 Å². The summed E-state index contributed by atoms with van der Waals surface area (Å²) in [6.07, 6.45) is 12.5. The first-order chi connectivity index (χ1) is 8.83. The highest BCUT2D eigenvalue weighted by Crippen LogP contribution is 2.40. The molecule has 0 radical (unpaired) electrons. The second-order valence-electron chi connectivity index (χ2n) is 5.87. The van der Waals surface area contributed by atoms with Crippen molar-refractivity contribution in [2.75, 3.05) is 0 Å². The van der Waals surface area contributed by atoms with Crippen molar-refractivity contribution in [2.24, 2.45) is 5.41 Å². The van der Waals surface area contributed by atoms with Gasteiger partial charge in [0.1, 0.15) is 0 Å². The number of carboxylic acids is 1. The molecule has 0 heterocycles. The molecule has 2 nitrogen and oxygen atoms in total. The van der Waals surface area contributed by atoms with E-state index in [-0.39, 0.29) is 5.41 Å². The third-order valence-electron chi connectivity index (χ3n) is 3.65. The first-order valence-electron chi connectivity index (χ1n) is 6.79. The Hall–Kier alpha value is -1.57. The molecular formula is C17H24O2. The lowest BCUT2D eigenvalue weighted by Gasteiger charge is -2.32. The van der Waals surface area contributed by atoms with Crippen molar-refractivity contribution in [1.82, 2.24) is 0 Å². The van der Waals surface area contributed by atoms with Gasteiger partial charge in [-0.25, -0.2) is 4.79 Å². The number of allylic oxidation sites excluding steroid dienone is 7. The summed E-state index contributed by atoms with van der Waals surface area (Å²) in [5.41, 5.74) is 4.20. The van der Waals surface area contributed by atoms with E-state index in [9.17, 15) is 4.79 Å². The van der Waals surface area contributed by atoms with Crippen LogP contribution in [0.15, 0.2) is 47.1 Å². The van der Waals surface area contributed by atoms with Crippen molar-refractivity contribution in [3.8, 4) is 0 Å². The van der Waals surface area contributed by atoms with Gasteiger partial charge in [-0.2, -0.15) is 0 Å². The number of carbonyl (C=O) groups is 1. The normalized spacial score (nSPS) is 20.5. The van der Waals surface area contributed by atoms with E-state index in [1.54, 1.807) is 6.08 Å². The first-order valence-corrected chi connectivity index (χ1v) is 6.79. The lowest BCUT2D eigenvalue weighted by atomic mass is 9.72. The van der Waals surface area contributed by atoms with Crippen LogP contribution < -0.4 is 0 Å². The molecule has 2 heteroatoms. The van der Waals surface area contributed by atoms with E-state index in [0.717, 1.165) is 11.6 Å².